The molecular weight excluding hydrogens is 362 g/mol. The van der Waals surface area contributed by atoms with Crippen LogP contribution in [0.5, 0.6) is 0 Å². The molecule has 1 aliphatic heterocycles. The Balaban J connectivity index is 1.85. The highest BCUT2D eigenvalue weighted by Crippen LogP contribution is 2.24. The number of aromatic nitrogens is 4. The quantitative estimate of drug-likeness (QED) is 0.682. The molecule has 28 heavy (non-hydrogen) atoms. The summed E-state index contributed by atoms with van der Waals surface area (Å²) in [5, 5.41) is 0. The van der Waals surface area contributed by atoms with Gasteiger partial charge in [0, 0.05) is 32.7 Å². The van der Waals surface area contributed by atoms with Crippen molar-refractivity contribution in [3.8, 4) is 11.6 Å². The lowest BCUT2D eigenvalue weighted by Gasteiger charge is -2.26. The van der Waals surface area contributed by atoms with Crippen molar-refractivity contribution in [1.29, 1.82) is 0 Å². The number of fused-ring (bicyclic) bond motifs is 1. The molecule has 0 unspecified atom stereocenters. The lowest BCUT2D eigenvalue weighted by Crippen LogP contribution is -2.38. The molecule has 0 aliphatic carbocycles. The fourth-order valence-electron chi connectivity index (χ4n) is 3.63. The molecule has 150 valence electrons. The SMILES string of the molecule is CCCn1c(=O)[nH]c(=O)c2c1nc(-c1ccc(C)o1)n2CCN1CCOCC1. The van der Waals surface area contributed by atoms with Crippen LogP contribution in [0, 0.1) is 6.92 Å². The summed E-state index contributed by atoms with van der Waals surface area (Å²) in [4.78, 5) is 34.4. The number of aromatic amines is 1. The second kappa shape index (κ2) is 7.76. The third kappa shape index (κ3) is 3.43. The van der Waals surface area contributed by atoms with E-state index in [1.807, 2.05) is 30.5 Å². The molecule has 1 fully saturated rings. The van der Waals surface area contributed by atoms with E-state index in [-0.39, 0.29) is 0 Å². The van der Waals surface area contributed by atoms with E-state index in [1.54, 1.807) is 0 Å². The predicted molar refractivity (Wildman–Crippen MR) is 105 cm³/mol. The second-order valence-electron chi connectivity index (χ2n) is 7.03. The van der Waals surface area contributed by atoms with E-state index in [2.05, 4.69) is 14.9 Å². The average molecular weight is 387 g/mol. The van der Waals surface area contributed by atoms with Gasteiger partial charge in [0.15, 0.2) is 22.7 Å². The Morgan fingerprint density at radius 3 is 2.57 bits per heavy atom. The molecule has 4 heterocycles. The maximum Gasteiger partial charge on any atom is 0.330 e. The Bertz CT molecular complexity index is 1080. The first kappa shape index (κ1) is 18.7. The maximum atomic E-state index is 12.7. The smallest absolute Gasteiger partial charge is 0.330 e. The number of ether oxygens (including phenoxy) is 1. The van der Waals surface area contributed by atoms with Gasteiger partial charge in [0.05, 0.1) is 13.2 Å². The molecule has 1 saturated heterocycles. The Hall–Kier alpha value is -2.65. The molecule has 0 saturated carbocycles. The van der Waals surface area contributed by atoms with Crippen LogP contribution < -0.4 is 11.2 Å². The van der Waals surface area contributed by atoms with Crippen molar-refractivity contribution in [2.24, 2.45) is 0 Å². The fourth-order valence-corrected chi connectivity index (χ4v) is 3.63. The number of hydrogen-bond acceptors (Lipinski definition) is 6. The molecule has 1 aliphatic rings. The first-order valence-corrected chi connectivity index (χ1v) is 9.68. The standard InChI is InChI=1S/C19H25N5O4/c1-3-6-24-17-15(18(25)21-19(24)26)23(8-7-22-9-11-27-12-10-22)16(20-17)14-5-4-13(2)28-14/h4-5H,3,6-12H2,1-2H3,(H,21,25,26). The molecule has 3 aromatic heterocycles. The topological polar surface area (TPSA) is 98.3 Å². The van der Waals surface area contributed by atoms with Crippen LogP contribution in [0.4, 0.5) is 0 Å². The van der Waals surface area contributed by atoms with Gasteiger partial charge in [0.25, 0.3) is 5.56 Å². The first-order chi connectivity index (χ1) is 13.6. The molecule has 0 bridgehead atoms. The van der Waals surface area contributed by atoms with Crippen LogP contribution in [-0.2, 0) is 17.8 Å². The number of nitrogens with zero attached hydrogens (tertiary/aromatic N) is 4. The first-order valence-electron chi connectivity index (χ1n) is 9.68. The van der Waals surface area contributed by atoms with E-state index >= 15 is 0 Å². The van der Waals surface area contributed by atoms with Crippen LogP contribution in [0.25, 0.3) is 22.7 Å². The molecule has 4 rings (SSSR count). The van der Waals surface area contributed by atoms with Gasteiger partial charge in [-0.2, -0.15) is 0 Å². The Morgan fingerprint density at radius 1 is 1.11 bits per heavy atom. The summed E-state index contributed by atoms with van der Waals surface area (Å²) in [7, 11) is 0. The molecule has 0 atom stereocenters. The number of nitrogens with one attached hydrogen (secondary N) is 1. The van der Waals surface area contributed by atoms with Gasteiger partial charge in [-0.05, 0) is 25.5 Å². The Kier molecular flexibility index (Phi) is 5.19. The van der Waals surface area contributed by atoms with Crippen molar-refractivity contribution in [1.82, 2.24) is 24.0 Å². The van der Waals surface area contributed by atoms with Crippen molar-refractivity contribution in [3.63, 3.8) is 0 Å². The molecule has 1 N–H and O–H groups in total. The van der Waals surface area contributed by atoms with Crippen molar-refractivity contribution < 1.29 is 9.15 Å². The number of H-pyrrole nitrogens is 1. The summed E-state index contributed by atoms with van der Waals surface area (Å²) < 4.78 is 14.6. The van der Waals surface area contributed by atoms with Crippen LogP contribution in [0.1, 0.15) is 19.1 Å². The number of morpholine rings is 1. The Morgan fingerprint density at radius 2 is 1.89 bits per heavy atom. The normalized spacial score (nSPS) is 15.5. The number of hydrogen-bond donors (Lipinski definition) is 1. The molecular formula is C19H25N5O4. The van der Waals surface area contributed by atoms with Crippen molar-refractivity contribution in [2.75, 3.05) is 32.8 Å². The number of furan rings is 1. The molecule has 9 heteroatoms. The summed E-state index contributed by atoms with van der Waals surface area (Å²) in [6.45, 7) is 8.81. The van der Waals surface area contributed by atoms with Crippen LogP contribution in [0.2, 0.25) is 0 Å². The zero-order chi connectivity index (χ0) is 19.7. The third-order valence-electron chi connectivity index (χ3n) is 5.04. The van der Waals surface area contributed by atoms with E-state index in [0.29, 0.717) is 49.1 Å². The van der Waals surface area contributed by atoms with Gasteiger partial charge < -0.3 is 13.7 Å². The molecule has 0 spiro atoms. The summed E-state index contributed by atoms with van der Waals surface area (Å²) >= 11 is 0. The Labute approximate surface area is 161 Å². The minimum absolute atomic E-state index is 0.404. The number of rotatable bonds is 6. The zero-order valence-corrected chi connectivity index (χ0v) is 16.2. The molecule has 0 amide bonds. The van der Waals surface area contributed by atoms with E-state index < -0.39 is 11.2 Å². The van der Waals surface area contributed by atoms with E-state index in [4.69, 9.17) is 9.15 Å². The van der Waals surface area contributed by atoms with Gasteiger partial charge >= 0.3 is 5.69 Å². The maximum absolute atomic E-state index is 12.7. The van der Waals surface area contributed by atoms with Crippen molar-refractivity contribution >= 4 is 11.2 Å². The average Bonchev–Trinajstić information content (AvgIpc) is 3.28. The van der Waals surface area contributed by atoms with Gasteiger partial charge in [0.1, 0.15) is 5.76 Å². The minimum atomic E-state index is -0.431. The van der Waals surface area contributed by atoms with Crippen LogP contribution >= 0.6 is 0 Å². The molecule has 0 radical (unpaired) electrons. The summed E-state index contributed by atoms with van der Waals surface area (Å²) in [6, 6.07) is 3.71. The van der Waals surface area contributed by atoms with Crippen molar-refractivity contribution in [2.45, 2.75) is 33.4 Å². The van der Waals surface area contributed by atoms with Gasteiger partial charge in [-0.1, -0.05) is 6.92 Å². The lowest BCUT2D eigenvalue weighted by atomic mass is 10.3. The summed E-state index contributed by atoms with van der Waals surface area (Å²) in [5.74, 6) is 1.92. The van der Waals surface area contributed by atoms with Crippen LogP contribution in [0.15, 0.2) is 26.1 Å². The predicted octanol–water partition coefficient (Wildman–Crippen LogP) is 1.20. The van der Waals surface area contributed by atoms with Crippen LogP contribution in [-0.4, -0.2) is 56.9 Å². The van der Waals surface area contributed by atoms with Crippen molar-refractivity contribution in [3.05, 3.63) is 38.7 Å². The fraction of sp³-hybridized carbons (Fsp3) is 0.526. The zero-order valence-electron chi connectivity index (χ0n) is 16.2. The van der Waals surface area contributed by atoms with Gasteiger partial charge in [-0.25, -0.2) is 9.78 Å². The summed E-state index contributed by atoms with van der Waals surface area (Å²) in [6.07, 6.45) is 0.761. The molecule has 3 aromatic rings. The van der Waals surface area contributed by atoms with E-state index in [1.165, 1.54) is 4.57 Å². The second-order valence-corrected chi connectivity index (χ2v) is 7.03. The molecule has 0 aromatic carbocycles. The highest BCUT2D eigenvalue weighted by atomic mass is 16.5. The van der Waals surface area contributed by atoms with E-state index in [0.717, 1.165) is 31.8 Å². The monoisotopic (exact) mass is 387 g/mol. The number of aryl methyl sites for hydroxylation is 2. The lowest BCUT2D eigenvalue weighted by molar-refractivity contribution is 0.0365. The highest BCUT2D eigenvalue weighted by molar-refractivity contribution is 5.75. The highest BCUT2D eigenvalue weighted by Gasteiger charge is 2.22. The third-order valence-corrected chi connectivity index (χ3v) is 5.04. The molecule has 9 nitrogen and oxygen atoms in total. The minimum Gasteiger partial charge on any atom is -0.458 e. The number of imidazole rings is 1. The summed E-state index contributed by atoms with van der Waals surface area (Å²) in [5.41, 5.74) is -0.0392. The van der Waals surface area contributed by atoms with E-state index in [9.17, 15) is 9.59 Å². The van der Waals surface area contributed by atoms with Gasteiger partial charge in [-0.15, -0.1) is 0 Å². The van der Waals surface area contributed by atoms with Gasteiger partial charge in [0.2, 0.25) is 0 Å². The van der Waals surface area contributed by atoms with Gasteiger partial charge in [-0.3, -0.25) is 19.2 Å². The van der Waals surface area contributed by atoms with Crippen LogP contribution in [0.3, 0.4) is 0 Å². The largest absolute Gasteiger partial charge is 0.458 e.